The summed E-state index contributed by atoms with van der Waals surface area (Å²) in [7, 11) is 0. The minimum Gasteiger partial charge on any atom is -0.454 e. The van der Waals surface area contributed by atoms with Gasteiger partial charge in [-0.2, -0.15) is 0 Å². The van der Waals surface area contributed by atoms with Crippen LogP contribution in [0.25, 0.3) is 66.7 Å². The summed E-state index contributed by atoms with van der Waals surface area (Å²) in [6, 6.07) is 52.1. The highest BCUT2D eigenvalue weighted by molar-refractivity contribution is 6.14. The molecule has 0 spiro atoms. The molecule has 7 aromatic carbocycles. The summed E-state index contributed by atoms with van der Waals surface area (Å²) >= 11 is 0. The number of anilines is 3. The van der Waals surface area contributed by atoms with Crippen LogP contribution in [0.2, 0.25) is 0 Å². The van der Waals surface area contributed by atoms with Crippen molar-refractivity contribution >= 4 is 50.1 Å². The first-order chi connectivity index (χ1) is 25.8. The summed E-state index contributed by atoms with van der Waals surface area (Å²) in [5.41, 5.74) is 17.4. The van der Waals surface area contributed by atoms with Crippen LogP contribution in [0.3, 0.4) is 0 Å². The van der Waals surface area contributed by atoms with E-state index in [0.717, 1.165) is 50.1 Å². The molecule has 0 saturated carbocycles. The molecule has 0 N–H and O–H groups in total. The highest BCUT2D eigenvalue weighted by atomic mass is 16.4. The van der Waals surface area contributed by atoms with Gasteiger partial charge in [-0.3, -0.25) is 0 Å². The van der Waals surface area contributed by atoms with Gasteiger partial charge < -0.3 is 13.7 Å². The van der Waals surface area contributed by atoms with Crippen LogP contribution in [-0.2, 0) is 10.8 Å². The topological polar surface area (TPSA) is 42.4 Å². The van der Waals surface area contributed by atoms with Crippen molar-refractivity contribution in [2.45, 2.75) is 38.5 Å². The first kappa shape index (κ1) is 30.3. The summed E-state index contributed by atoms with van der Waals surface area (Å²) < 4.78 is 13.3. The number of rotatable bonds is 4. The zero-order valence-electron chi connectivity index (χ0n) is 30.1. The molecular formula is C49H36N2O2. The third kappa shape index (κ3) is 4.09. The second kappa shape index (κ2) is 10.6. The number of aromatic nitrogens is 1. The predicted molar refractivity (Wildman–Crippen MR) is 217 cm³/mol. The maximum atomic E-state index is 6.96. The predicted octanol–water partition coefficient (Wildman–Crippen LogP) is 13.5. The van der Waals surface area contributed by atoms with Gasteiger partial charge in [-0.05, 0) is 69.8 Å². The van der Waals surface area contributed by atoms with Crippen LogP contribution < -0.4 is 4.90 Å². The standard InChI is InChI=1S/C49H36N2O2/c1-48(2)34-20-10-8-17-31(34)44-36(48)22-13-24-39(44)51(40-25-14-23-37-45(40)32-18-9-11-21-35(32)49(37,3)4)41-26-12-19-30-33-27-38-43(28-42(33)52-46(30)41)53-47(50-38)29-15-6-5-7-16-29/h5-28H,1-4H3. The first-order valence-electron chi connectivity index (χ1n) is 18.4. The second-order valence-electron chi connectivity index (χ2n) is 15.5. The van der Waals surface area contributed by atoms with E-state index in [1.165, 1.54) is 44.5 Å². The number of para-hydroxylation sites is 1. The van der Waals surface area contributed by atoms with Gasteiger partial charge in [0, 0.05) is 44.4 Å². The van der Waals surface area contributed by atoms with Gasteiger partial charge >= 0.3 is 0 Å². The number of furan rings is 1. The summed E-state index contributed by atoms with van der Waals surface area (Å²) in [6.45, 7) is 9.38. The molecule has 2 aliphatic rings. The molecule has 0 fully saturated rings. The maximum Gasteiger partial charge on any atom is 0.227 e. The molecule has 53 heavy (non-hydrogen) atoms. The molecule has 0 atom stereocenters. The smallest absolute Gasteiger partial charge is 0.227 e. The van der Waals surface area contributed by atoms with E-state index < -0.39 is 0 Å². The van der Waals surface area contributed by atoms with Gasteiger partial charge in [0.1, 0.15) is 11.1 Å². The molecule has 9 aromatic rings. The molecule has 4 nitrogen and oxygen atoms in total. The Kier molecular flexibility index (Phi) is 6.04. The van der Waals surface area contributed by atoms with Crippen molar-refractivity contribution in [3.05, 3.63) is 168 Å². The molecule has 0 saturated heterocycles. The Morgan fingerprint density at radius 2 is 1.02 bits per heavy atom. The highest BCUT2D eigenvalue weighted by Crippen LogP contribution is 2.58. The number of hydrogen-bond donors (Lipinski definition) is 0. The Balaban J connectivity index is 1.21. The van der Waals surface area contributed by atoms with Crippen LogP contribution in [0.15, 0.2) is 154 Å². The highest BCUT2D eigenvalue weighted by Gasteiger charge is 2.41. The van der Waals surface area contributed by atoms with Crippen LogP contribution in [0, 0.1) is 0 Å². The van der Waals surface area contributed by atoms with Crippen LogP contribution in [0.5, 0.6) is 0 Å². The van der Waals surface area contributed by atoms with E-state index in [1.807, 2.05) is 36.4 Å². The van der Waals surface area contributed by atoms with Gasteiger partial charge in [-0.15, -0.1) is 0 Å². The van der Waals surface area contributed by atoms with Gasteiger partial charge in [-0.1, -0.05) is 131 Å². The Morgan fingerprint density at radius 1 is 0.472 bits per heavy atom. The number of fused-ring (bicyclic) bond motifs is 10. The molecule has 0 amide bonds. The summed E-state index contributed by atoms with van der Waals surface area (Å²) in [5.74, 6) is 0.603. The summed E-state index contributed by atoms with van der Waals surface area (Å²) in [5, 5.41) is 2.05. The van der Waals surface area contributed by atoms with Crippen LogP contribution in [0.1, 0.15) is 49.9 Å². The lowest BCUT2D eigenvalue weighted by Crippen LogP contribution is -2.17. The SMILES string of the molecule is CC1(C)c2ccccc2-c2c(N(c3cccc4c3-c3ccccc3C4(C)C)c3cccc4c3oc3cc5oc(-c6ccccc6)nc5cc34)cccc21. The van der Waals surface area contributed by atoms with Gasteiger partial charge in [-0.25, -0.2) is 4.98 Å². The van der Waals surface area contributed by atoms with Crippen LogP contribution >= 0.6 is 0 Å². The van der Waals surface area contributed by atoms with Gasteiger partial charge in [0.05, 0.1) is 17.1 Å². The Morgan fingerprint density at radius 3 is 1.66 bits per heavy atom. The van der Waals surface area contributed by atoms with Crippen molar-refractivity contribution in [1.29, 1.82) is 0 Å². The van der Waals surface area contributed by atoms with Crippen molar-refractivity contribution < 1.29 is 8.83 Å². The van der Waals surface area contributed by atoms with E-state index in [1.54, 1.807) is 0 Å². The van der Waals surface area contributed by atoms with E-state index in [0.29, 0.717) is 11.5 Å². The second-order valence-corrected chi connectivity index (χ2v) is 15.5. The van der Waals surface area contributed by atoms with Crippen LogP contribution in [0.4, 0.5) is 17.1 Å². The molecule has 2 aromatic heterocycles. The number of benzene rings is 7. The minimum absolute atomic E-state index is 0.147. The third-order valence-corrected chi connectivity index (χ3v) is 11.9. The average molecular weight is 685 g/mol. The van der Waals surface area contributed by atoms with Crippen molar-refractivity contribution in [3.63, 3.8) is 0 Å². The molecule has 11 rings (SSSR count). The average Bonchev–Trinajstić information content (AvgIpc) is 3.90. The molecule has 2 aliphatic carbocycles. The zero-order valence-corrected chi connectivity index (χ0v) is 30.1. The molecule has 254 valence electrons. The van der Waals surface area contributed by atoms with Gasteiger partial charge in [0.15, 0.2) is 11.2 Å². The fraction of sp³-hybridized carbons (Fsp3) is 0.122. The molecular weight excluding hydrogens is 649 g/mol. The van der Waals surface area contributed by atoms with Gasteiger partial charge in [0.25, 0.3) is 0 Å². The van der Waals surface area contributed by atoms with E-state index in [4.69, 9.17) is 13.8 Å². The van der Waals surface area contributed by atoms with Crippen molar-refractivity contribution in [2.75, 3.05) is 4.90 Å². The Hall–Kier alpha value is -6.39. The molecule has 0 bridgehead atoms. The molecule has 0 radical (unpaired) electrons. The minimum atomic E-state index is -0.147. The molecule has 4 heteroatoms. The van der Waals surface area contributed by atoms with Crippen molar-refractivity contribution in [1.82, 2.24) is 4.98 Å². The molecule has 2 heterocycles. The fourth-order valence-electron chi connectivity index (χ4n) is 9.32. The fourth-order valence-corrected chi connectivity index (χ4v) is 9.32. The van der Waals surface area contributed by atoms with Crippen molar-refractivity contribution in [3.8, 4) is 33.7 Å². The first-order valence-corrected chi connectivity index (χ1v) is 18.4. The summed E-state index contributed by atoms with van der Waals surface area (Å²) in [4.78, 5) is 7.37. The number of hydrogen-bond acceptors (Lipinski definition) is 4. The largest absolute Gasteiger partial charge is 0.454 e. The lowest BCUT2D eigenvalue weighted by Gasteiger charge is -2.31. The maximum absolute atomic E-state index is 6.96. The summed E-state index contributed by atoms with van der Waals surface area (Å²) in [6.07, 6.45) is 0. The van der Waals surface area contributed by atoms with Crippen LogP contribution in [-0.4, -0.2) is 4.98 Å². The quantitative estimate of drug-likeness (QED) is 0.185. The molecule has 0 aliphatic heterocycles. The van der Waals surface area contributed by atoms with E-state index in [9.17, 15) is 0 Å². The number of nitrogens with zero attached hydrogens (tertiary/aromatic N) is 2. The normalized spacial score (nSPS) is 14.7. The lowest BCUT2D eigenvalue weighted by atomic mass is 9.82. The van der Waals surface area contributed by atoms with E-state index in [2.05, 4.69) is 142 Å². The van der Waals surface area contributed by atoms with Gasteiger partial charge in [0.2, 0.25) is 5.89 Å². The number of oxazole rings is 1. The van der Waals surface area contributed by atoms with Crippen molar-refractivity contribution in [2.24, 2.45) is 0 Å². The lowest BCUT2D eigenvalue weighted by molar-refractivity contribution is 0.617. The monoisotopic (exact) mass is 684 g/mol. The Labute approximate surface area is 308 Å². The Bertz CT molecular complexity index is 2860. The van der Waals surface area contributed by atoms with E-state index in [-0.39, 0.29) is 10.8 Å². The zero-order chi connectivity index (χ0) is 35.6. The third-order valence-electron chi connectivity index (χ3n) is 11.9. The molecule has 0 unspecified atom stereocenters. The van der Waals surface area contributed by atoms with E-state index >= 15 is 0 Å².